The molecule has 2 N–H and O–H groups in total. The topological polar surface area (TPSA) is 37.2 Å². The van der Waals surface area contributed by atoms with Crippen LogP contribution in [0, 0.1) is 0 Å². The summed E-state index contributed by atoms with van der Waals surface area (Å²) in [5.74, 6) is 0. The first-order chi connectivity index (χ1) is 7.53. The van der Waals surface area contributed by atoms with Crippen molar-refractivity contribution in [1.82, 2.24) is 4.57 Å². The van der Waals surface area contributed by atoms with Gasteiger partial charge in [0, 0.05) is 24.1 Å². The number of anilines is 1. The Morgan fingerprint density at radius 1 is 1.31 bits per heavy atom. The number of aryl methyl sites for hydroxylation is 1. The van der Waals surface area contributed by atoms with Gasteiger partial charge in [-0.15, -0.1) is 0 Å². The van der Waals surface area contributed by atoms with E-state index in [4.69, 9.17) is 0 Å². The van der Waals surface area contributed by atoms with E-state index in [1.807, 2.05) is 33.0 Å². The summed E-state index contributed by atoms with van der Waals surface area (Å²) in [5.41, 5.74) is 1.96. The van der Waals surface area contributed by atoms with Crippen LogP contribution in [0.3, 0.4) is 0 Å². The maximum Gasteiger partial charge on any atom is 0.0656 e. The maximum absolute atomic E-state index is 9.26. The lowest BCUT2D eigenvalue weighted by Gasteiger charge is -2.24. The molecule has 0 fully saturated rings. The molecule has 2 rings (SSSR count). The number of aliphatic hydroxyl groups is 1. The predicted molar refractivity (Wildman–Crippen MR) is 67.7 cm³/mol. The zero-order chi connectivity index (χ0) is 11.8. The van der Waals surface area contributed by atoms with Gasteiger partial charge in [0.05, 0.1) is 17.8 Å². The summed E-state index contributed by atoms with van der Waals surface area (Å²) >= 11 is 0. The summed E-state index contributed by atoms with van der Waals surface area (Å²) in [6.45, 7) is 4.07. The van der Waals surface area contributed by atoms with Crippen LogP contribution in [0.15, 0.2) is 30.5 Å². The van der Waals surface area contributed by atoms with E-state index in [2.05, 4.69) is 28.2 Å². The van der Waals surface area contributed by atoms with Gasteiger partial charge in [0.2, 0.25) is 0 Å². The molecule has 0 aliphatic rings. The van der Waals surface area contributed by atoms with Gasteiger partial charge in [0.1, 0.15) is 0 Å². The Bertz CT molecular complexity index is 500. The molecule has 0 saturated carbocycles. The summed E-state index contributed by atoms with van der Waals surface area (Å²) in [6, 6.07) is 8.24. The second kappa shape index (κ2) is 3.83. The lowest BCUT2D eigenvalue weighted by molar-refractivity contribution is 0.234. The standard InChI is InChI=1S/C13H18N2O/c1-13(2,9-16)14-11-8-15(3)12-7-5-4-6-10(11)12/h4-8,14,16H,9H2,1-3H3. The van der Waals surface area contributed by atoms with Crippen molar-refractivity contribution in [2.75, 3.05) is 11.9 Å². The molecule has 0 bridgehead atoms. The quantitative estimate of drug-likeness (QED) is 0.830. The third-order valence-electron chi connectivity index (χ3n) is 2.77. The molecule has 0 amide bonds. The zero-order valence-electron chi connectivity index (χ0n) is 9.99. The number of aliphatic hydroxyl groups excluding tert-OH is 1. The van der Waals surface area contributed by atoms with E-state index in [-0.39, 0.29) is 12.1 Å². The van der Waals surface area contributed by atoms with Crippen molar-refractivity contribution < 1.29 is 5.11 Å². The Kier molecular flexibility index (Phi) is 2.64. The van der Waals surface area contributed by atoms with Crippen molar-refractivity contribution in [3.05, 3.63) is 30.5 Å². The van der Waals surface area contributed by atoms with Crippen LogP contribution in [0.5, 0.6) is 0 Å². The van der Waals surface area contributed by atoms with E-state index >= 15 is 0 Å². The minimum atomic E-state index is -0.301. The van der Waals surface area contributed by atoms with Crippen LogP contribution in [0.1, 0.15) is 13.8 Å². The first-order valence-corrected chi connectivity index (χ1v) is 5.46. The minimum absolute atomic E-state index is 0.107. The molecule has 1 heterocycles. The average molecular weight is 218 g/mol. The third-order valence-corrected chi connectivity index (χ3v) is 2.77. The molecule has 16 heavy (non-hydrogen) atoms. The largest absolute Gasteiger partial charge is 0.394 e. The predicted octanol–water partition coefficient (Wildman–Crippen LogP) is 2.36. The number of rotatable bonds is 3. The maximum atomic E-state index is 9.26. The lowest BCUT2D eigenvalue weighted by Crippen LogP contribution is -2.34. The van der Waals surface area contributed by atoms with Crippen molar-refractivity contribution in [1.29, 1.82) is 0 Å². The second-order valence-corrected chi connectivity index (χ2v) is 4.84. The van der Waals surface area contributed by atoms with Gasteiger partial charge in [0.25, 0.3) is 0 Å². The van der Waals surface area contributed by atoms with E-state index in [1.165, 1.54) is 10.9 Å². The molecule has 0 atom stereocenters. The fourth-order valence-electron chi connectivity index (χ4n) is 1.85. The van der Waals surface area contributed by atoms with Gasteiger partial charge in [-0.2, -0.15) is 0 Å². The highest BCUT2D eigenvalue weighted by molar-refractivity contribution is 5.93. The van der Waals surface area contributed by atoms with E-state index in [1.54, 1.807) is 0 Å². The molecule has 86 valence electrons. The molecule has 0 spiro atoms. The number of nitrogens with zero attached hydrogens (tertiary/aromatic N) is 1. The van der Waals surface area contributed by atoms with Crippen LogP contribution in [-0.2, 0) is 7.05 Å². The molecule has 3 heteroatoms. The molecule has 1 aromatic carbocycles. The lowest BCUT2D eigenvalue weighted by atomic mass is 10.1. The summed E-state index contributed by atoms with van der Waals surface area (Å²) in [5, 5.41) is 13.8. The number of hydrogen-bond donors (Lipinski definition) is 2. The fourth-order valence-corrected chi connectivity index (χ4v) is 1.85. The van der Waals surface area contributed by atoms with E-state index < -0.39 is 0 Å². The molecule has 3 nitrogen and oxygen atoms in total. The average Bonchev–Trinajstić information content (AvgIpc) is 2.56. The van der Waals surface area contributed by atoms with Crippen LogP contribution in [0.2, 0.25) is 0 Å². The van der Waals surface area contributed by atoms with Crippen molar-refractivity contribution >= 4 is 16.6 Å². The smallest absolute Gasteiger partial charge is 0.0656 e. The highest BCUT2D eigenvalue weighted by Crippen LogP contribution is 2.27. The molecule has 0 aliphatic heterocycles. The molecule has 0 radical (unpaired) electrons. The summed E-state index contributed by atoms with van der Waals surface area (Å²) in [7, 11) is 2.03. The number of fused-ring (bicyclic) bond motifs is 1. The highest BCUT2D eigenvalue weighted by atomic mass is 16.3. The van der Waals surface area contributed by atoms with Crippen molar-refractivity contribution in [3.63, 3.8) is 0 Å². The van der Waals surface area contributed by atoms with Crippen LogP contribution < -0.4 is 5.32 Å². The monoisotopic (exact) mass is 218 g/mol. The van der Waals surface area contributed by atoms with E-state index in [0.29, 0.717) is 0 Å². The van der Waals surface area contributed by atoms with E-state index in [0.717, 1.165) is 5.69 Å². The summed E-state index contributed by atoms with van der Waals surface area (Å²) < 4.78 is 2.09. The Balaban J connectivity index is 2.46. The molecular weight excluding hydrogens is 200 g/mol. The molecule has 0 unspecified atom stereocenters. The van der Waals surface area contributed by atoms with Crippen LogP contribution in [0.25, 0.3) is 10.9 Å². The van der Waals surface area contributed by atoms with E-state index in [9.17, 15) is 5.11 Å². The molecule has 1 aromatic heterocycles. The Morgan fingerprint density at radius 3 is 2.69 bits per heavy atom. The van der Waals surface area contributed by atoms with Gasteiger partial charge in [-0.05, 0) is 19.9 Å². The van der Waals surface area contributed by atoms with Gasteiger partial charge in [0.15, 0.2) is 0 Å². The first-order valence-electron chi connectivity index (χ1n) is 5.46. The fraction of sp³-hybridized carbons (Fsp3) is 0.385. The van der Waals surface area contributed by atoms with Gasteiger partial charge in [-0.1, -0.05) is 18.2 Å². The number of aromatic nitrogens is 1. The van der Waals surface area contributed by atoms with Gasteiger partial charge >= 0.3 is 0 Å². The minimum Gasteiger partial charge on any atom is -0.394 e. The number of hydrogen-bond acceptors (Lipinski definition) is 2. The SMILES string of the molecule is Cn1cc(NC(C)(C)CO)c2ccccc21. The Hall–Kier alpha value is -1.48. The van der Waals surface area contributed by atoms with Crippen LogP contribution in [-0.4, -0.2) is 21.8 Å². The third kappa shape index (κ3) is 1.91. The Morgan fingerprint density at radius 2 is 2.00 bits per heavy atom. The van der Waals surface area contributed by atoms with Gasteiger partial charge < -0.3 is 15.0 Å². The van der Waals surface area contributed by atoms with Crippen molar-refractivity contribution in [2.24, 2.45) is 7.05 Å². The normalized spacial score (nSPS) is 12.0. The zero-order valence-corrected chi connectivity index (χ0v) is 9.99. The Labute approximate surface area is 95.7 Å². The highest BCUT2D eigenvalue weighted by Gasteiger charge is 2.17. The number of para-hydroxylation sites is 1. The van der Waals surface area contributed by atoms with Crippen LogP contribution in [0.4, 0.5) is 5.69 Å². The van der Waals surface area contributed by atoms with Crippen LogP contribution >= 0.6 is 0 Å². The second-order valence-electron chi connectivity index (χ2n) is 4.84. The van der Waals surface area contributed by atoms with Gasteiger partial charge in [-0.25, -0.2) is 0 Å². The summed E-state index contributed by atoms with van der Waals surface area (Å²) in [4.78, 5) is 0. The number of nitrogens with one attached hydrogen (secondary N) is 1. The number of benzene rings is 1. The van der Waals surface area contributed by atoms with Crippen molar-refractivity contribution in [2.45, 2.75) is 19.4 Å². The first kappa shape index (κ1) is 11.0. The molecule has 0 saturated heterocycles. The molecule has 0 aliphatic carbocycles. The molecular formula is C13H18N2O. The van der Waals surface area contributed by atoms with Crippen molar-refractivity contribution in [3.8, 4) is 0 Å². The molecule has 2 aromatic rings. The van der Waals surface area contributed by atoms with Gasteiger partial charge in [-0.3, -0.25) is 0 Å². The summed E-state index contributed by atoms with van der Waals surface area (Å²) in [6.07, 6.45) is 2.06.